The van der Waals surface area contributed by atoms with E-state index in [9.17, 15) is 14.4 Å². The lowest BCUT2D eigenvalue weighted by atomic mass is 10.1. The smallest absolute Gasteiger partial charge is 0.286 e. The zero-order valence-electron chi connectivity index (χ0n) is 13.6. The number of benzene rings is 1. The summed E-state index contributed by atoms with van der Waals surface area (Å²) in [5.74, 6) is -0.988. The Hall–Kier alpha value is -2.60. The van der Waals surface area contributed by atoms with Crippen molar-refractivity contribution in [3.8, 4) is 0 Å². The highest BCUT2D eigenvalue weighted by Gasteiger charge is 2.20. The largest absolute Gasteiger partial charge is 0.354 e. The number of ketones is 1. The molecule has 24 heavy (non-hydrogen) atoms. The first-order chi connectivity index (χ1) is 11.3. The van der Waals surface area contributed by atoms with E-state index >= 15 is 0 Å². The predicted octanol–water partition coefficient (Wildman–Crippen LogP) is 2.49. The first-order valence-electron chi connectivity index (χ1n) is 7.33. The van der Waals surface area contributed by atoms with Crippen LogP contribution in [0.25, 0.3) is 0 Å². The number of hydrogen-bond acceptors (Lipinski definition) is 3. The van der Waals surface area contributed by atoms with Crippen molar-refractivity contribution in [3.63, 3.8) is 0 Å². The Labute approximate surface area is 144 Å². The van der Waals surface area contributed by atoms with Crippen LogP contribution in [-0.2, 0) is 11.2 Å². The first-order valence-corrected chi connectivity index (χ1v) is 7.71. The van der Waals surface area contributed by atoms with Gasteiger partial charge in [-0.3, -0.25) is 25.2 Å². The number of amides is 2. The molecule has 0 radical (unpaired) electrons. The summed E-state index contributed by atoms with van der Waals surface area (Å²) in [4.78, 5) is 38.5. The van der Waals surface area contributed by atoms with E-state index in [2.05, 4.69) is 15.8 Å². The molecule has 0 aliphatic rings. The van der Waals surface area contributed by atoms with Gasteiger partial charge in [0, 0.05) is 16.3 Å². The second-order valence-corrected chi connectivity index (χ2v) is 5.92. The van der Waals surface area contributed by atoms with E-state index in [4.69, 9.17) is 11.6 Å². The maximum Gasteiger partial charge on any atom is 0.286 e. The maximum atomic E-state index is 12.2. The van der Waals surface area contributed by atoms with Gasteiger partial charge in [0.05, 0.1) is 6.42 Å². The predicted molar refractivity (Wildman–Crippen MR) is 91.0 cm³/mol. The van der Waals surface area contributed by atoms with Crippen LogP contribution in [0, 0.1) is 13.8 Å². The molecular weight excluding hydrogens is 330 g/mol. The Balaban J connectivity index is 1.98. The fourth-order valence-electron chi connectivity index (χ4n) is 2.53. The summed E-state index contributed by atoms with van der Waals surface area (Å²) in [7, 11) is 0. The van der Waals surface area contributed by atoms with Crippen LogP contribution in [0.5, 0.6) is 0 Å². The van der Waals surface area contributed by atoms with Gasteiger partial charge in [0.2, 0.25) is 5.91 Å². The Morgan fingerprint density at radius 1 is 1.08 bits per heavy atom. The van der Waals surface area contributed by atoms with E-state index in [1.807, 2.05) is 0 Å². The second-order valence-electron chi connectivity index (χ2n) is 5.49. The lowest BCUT2D eigenvalue weighted by molar-refractivity contribution is -0.121. The monoisotopic (exact) mass is 347 g/mol. The van der Waals surface area contributed by atoms with Crippen molar-refractivity contribution >= 4 is 29.2 Å². The molecule has 3 N–H and O–H groups in total. The van der Waals surface area contributed by atoms with Crippen molar-refractivity contribution in [2.24, 2.45) is 0 Å². The molecule has 1 aromatic carbocycles. The summed E-state index contributed by atoms with van der Waals surface area (Å²) in [6.45, 7) is 4.85. The average molecular weight is 348 g/mol. The topological polar surface area (TPSA) is 91.1 Å². The molecule has 0 saturated heterocycles. The zero-order valence-corrected chi connectivity index (χ0v) is 14.4. The highest BCUT2D eigenvalue weighted by molar-refractivity contribution is 6.30. The lowest BCUT2D eigenvalue weighted by Gasteiger charge is -2.07. The summed E-state index contributed by atoms with van der Waals surface area (Å²) in [5.41, 5.74) is 7.40. The maximum absolute atomic E-state index is 12.2. The van der Waals surface area contributed by atoms with Crippen LogP contribution in [0.3, 0.4) is 0 Å². The third-order valence-electron chi connectivity index (χ3n) is 3.61. The molecule has 0 unspecified atom stereocenters. The van der Waals surface area contributed by atoms with Gasteiger partial charge in [0.15, 0.2) is 5.78 Å². The summed E-state index contributed by atoms with van der Waals surface area (Å²) >= 11 is 5.79. The molecule has 0 atom stereocenters. The number of halogens is 1. The molecule has 126 valence electrons. The molecule has 0 aliphatic heterocycles. The lowest BCUT2D eigenvalue weighted by Crippen LogP contribution is -2.42. The zero-order chi connectivity index (χ0) is 17.9. The number of carbonyl (C=O) groups excluding carboxylic acids is 3. The SMILES string of the molecule is CC(=O)c1c(C)[nH]c(C(=O)NNC(=O)Cc2ccc(Cl)cc2)c1C. The van der Waals surface area contributed by atoms with Gasteiger partial charge in [0.1, 0.15) is 5.69 Å². The molecule has 1 aromatic heterocycles. The Morgan fingerprint density at radius 2 is 1.71 bits per heavy atom. The fourth-order valence-corrected chi connectivity index (χ4v) is 2.65. The molecular formula is C17H18ClN3O3. The highest BCUT2D eigenvalue weighted by atomic mass is 35.5. The van der Waals surface area contributed by atoms with Gasteiger partial charge in [-0.2, -0.15) is 0 Å². The van der Waals surface area contributed by atoms with Crippen LogP contribution in [0.15, 0.2) is 24.3 Å². The third-order valence-corrected chi connectivity index (χ3v) is 3.86. The Kier molecular flexibility index (Phi) is 5.41. The molecule has 0 aliphatic carbocycles. The van der Waals surface area contributed by atoms with Crippen LogP contribution in [0.1, 0.15) is 44.6 Å². The van der Waals surface area contributed by atoms with E-state index in [0.717, 1.165) is 5.56 Å². The van der Waals surface area contributed by atoms with Gasteiger partial charge in [-0.15, -0.1) is 0 Å². The van der Waals surface area contributed by atoms with Crippen LogP contribution in [0.2, 0.25) is 5.02 Å². The number of H-pyrrole nitrogens is 1. The number of hydrogen-bond donors (Lipinski definition) is 3. The van der Waals surface area contributed by atoms with Crippen molar-refractivity contribution < 1.29 is 14.4 Å². The molecule has 2 amide bonds. The molecule has 0 spiro atoms. The second kappa shape index (κ2) is 7.31. The fraction of sp³-hybridized carbons (Fsp3) is 0.235. The summed E-state index contributed by atoms with van der Waals surface area (Å²) in [5, 5.41) is 0.589. The van der Waals surface area contributed by atoms with Gasteiger partial charge in [-0.05, 0) is 44.0 Å². The minimum Gasteiger partial charge on any atom is -0.354 e. The summed E-state index contributed by atoms with van der Waals surface area (Å²) in [6, 6.07) is 6.86. The van der Waals surface area contributed by atoms with Gasteiger partial charge >= 0.3 is 0 Å². The normalized spacial score (nSPS) is 10.3. The molecule has 0 fully saturated rings. The molecule has 6 nitrogen and oxygen atoms in total. The molecule has 1 heterocycles. The molecule has 0 bridgehead atoms. The van der Waals surface area contributed by atoms with Crippen LogP contribution >= 0.6 is 11.6 Å². The molecule has 0 saturated carbocycles. The van der Waals surface area contributed by atoms with Crippen molar-refractivity contribution in [2.45, 2.75) is 27.2 Å². The average Bonchev–Trinajstić information content (AvgIpc) is 2.82. The number of hydrazine groups is 1. The Bertz CT molecular complexity index is 794. The van der Waals surface area contributed by atoms with Crippen molar-refractivity contribution in [1.29, 1.82) is 0 Å². The summed E-state index contributed by atoms with van der Waals surface area (Å²) < 4.78 is 0. The molecule has 2 aromatic rings. The molecule has 2 rings (SSSR count). The van der Waals surface area contributed by atoms with E-state index in [1.165, 1.54) is 6.92 Å². The van der Waals surface area contributed by atoms with E-state index in [0.29, 0.717) is 21.8 Å². The van der Waals surface area contributed by atoms with Crippen molar-refractivity contribution in [2.75, 3.05) is 0 Å². The number of carbonyl (C=O) groups is 3. The van der Waals surface area contributed by atoms with Gasteiger partial charge in [-0.1, -0.05) is 23.7 Å². The number of aromatic nitrogens is 1. The number of Topliss-reactive ketones (excluding diaryl/α,β-unsaturated/α-hetero) is 1. The number of aromatic amines is 1. The highest BCUT2D eigenvalue weighted by Crippen LogP contribution is 2.18. The molecule has 7 heteroatoms. The number of rotatable bonds is 4. The van der Waals surface area contributed by atoms with Crippen molar-refractivity contribution in [1.82, 2.24) is 15.8 Å². The van der Waals surface area contributed by atoms with Crippen molar-refractivity contribution in [3.05, 3.63) is 57.4 Å². The van der Waals surface area contributed by atoms with Crippen LogP contribution < -0.4 is 10.9 Å². The van der Waals surface area contributed by atoms with E-state index in [1.54, 1.807) is 38.1 Å². The number of aryl methyl sites for hydroxylation is 1. The minimum atomic E-state index is -0.507. The van der Waals surface area contributed by atoms with Gasteiger partial charge < -0.3 is 4.98 Å². The summed E-state index contributed by atoms with van der Waals surface area (Å²) in [6.07, 6.45) is 0.110. The van der Waals surface area contributed by atoms with E-state index in [-0.39, 0.29) is 23.8 Å². The standard InChI is InChI=1S/C17H18ClN3O3/c1-9-15(11(3)22)10(2)19-16(9)17(24)21-20-14(23)8-12-4-6-13(18)7-5-12/h4-7,19H,8H2,1-3H3,(H,20,23)(H,21,24). The number of nitrogens with one attached hydrogen (secondary N) is 3. The van der Waals surface area contributed by atoms with Crippen LogP contribution in [-0.4, -0.2) is 22.6 Å². The third kappa shape index (κ3) is 4.02. The van der Waals surface area contributed by atoms with Gasteiger partial charge in [0.25, 0.3) is 5.91 Å². The first kappa shape index (κ1) is 17.7. The minimum absolute atomic E-state index is 0.110. The quantitative estimate of drug-likeness (QED) is 0.586. The van der Waals surface area contributed by atoms with Crippen LogP contribution in [0.4, 0.5) is 0 Å². The van der Waals surface area contributed by atoms with Gasteiger partial charge in [-0.25, -0.2) is 0 Å². The Morgan fingerprint density at radius 3 is 2.25 bits per heavy atom. The van der Waals surface area contributed by atoms with E-state index < -0.39 is 5.91 Å².